The summed E-state index contributed by atoms with van der Waals surface area (Å²) < 4.78 is 5.83. The maximum atomic E-state index is 12.6. The number of anilines is 1. The molecule has 1 fully saturated rings. The molecule has 1 atom stereocenters. The Morgan fingerprint density at radius 2 is 2.17 bits per heavy atom. The number of ether oxygens (including phenoxy) is 1. The predicted molar refractivity (Wildman–Crippen MR) is 90.8 cm³/mol. The molecular formula is C15H20BrN3O4. The first-order valence-electron chi connectivity index (χ1n) is 7.36. The monoisotopic (exact) mass is 385 g/mol. The second kappa shape index (κ2) is 6.84. The molecule has 1 saturated heterocycles. The van der Waals surface area contributed by atoms with E-state index in [2.05, 4.69) is 21.2 Å². The molecule has 1 amide bonds. The van der Waals surface area contributed by atoms with E-state index in [0.717, 1.165) is 13.0 Å². The van der Waals surface area contributed by atoms with Gasteiger partial charge in [0.15, 0.2) is 0 Å². The third-order valence-electron chi connectivity index (χ3n) is 3.40. The molecule has 0 aliphatic carbocycles. The van der Waals surface area contributed by atoms with E-state index >= 15 is 0 Å². The van der Waals surface area contributed by atoms with E-state index in [1.165, 1.54) is 6.07 Å². The molecule has 1 aliphatic rings. The SMILES string of the molecule is CC(C)(C)OC(=O)N(c1ccc([N+](=O)[O-])c(Br)c1)[C@H]1CCNC1. The summed E-state index contributed by atoms with van der Waals surface area (Å²) >= 11 is 3.20. The Labute approximate surface area is 143 Å². The Morgan fingerprint density at radius 3 is 2.65 bits per heavy atom. The van der Waals surface area contributed by atoms with Gasteiger partial charge in [-0.05, 0) is 61.8 Å². The van der Waals surface area contributed by atoms with Crippen LogP contribution in [0.5, 0.6) is 0 Å². The molecule has 0 bridgehead atoms. The lowest BCUT2D eigenvalue weighted by Crippen LogP contribution is -2.44. The highest BCUT2D eigenvalue weighted by atomic mass is 79.9. The summed E-state index contributed by atoms with van der Waals surface area (Å²) in [6.07, 6.45) is 0.348. The molecule has 0 aromatic heterocycles. The zero-order valence-corrected chi connectivity index (χ0v) is 14.9. The van der Waals surface area contributed by atoms with E-state index in [-0.39, 0.29) is 11.7 Å². The van der Waals surface area contributed by atoms with Gasteiger partial charge < -0.3 is 10.1 Å². The van der Waals surface area contributed by atoms with Crippen LogP contribution in [0.25, 0.3) is 0 Å². The van der Waals surface area contributed by atoms with Gasteiger partial charge in [0.25, 0.3) is 5.69 Å². The topological polar surface area (TPSA) is 84.7 Å². The molecule has 1 heterocycles. The fourth-order valence-corrected chi connectivity index (χ4v) is 2.94. The van der Waals surface area contributed by atoms with E-state index in [1.54, 1.807) is 17.0 Å². The lowest BCUT2D eigenvalue weighted by Gasteiger charge is -2.31. The Hall–Kier alpha value is -1.67. The molecule has 1 aromatic carbocycles. The summed E-state index contributed by atoms with van der Waals surface area (Å²) in [6.45, 7) is 6.90. The van der Waals surface area contributed by atoms with Crippen LogP contribution in [0.3, 0.4) is 0 Å². The molecule has 1 aromatic rings. The van der Waals surface area contributed by atoms with Crippen LogP contribution >= 0.6 is 15.9 Å². The minimum Gasteiger partial charge on any atom is -0.443 e. The molecule has 126 valence electrons. The Kier molecular flexibility index (Phi) is 5.26. The number of amides is 1. The van der Waals surface area contributed by atoms with Gasteiger partial charge in [-0.15, -0.1) is 0 Å². The molecule has 23 heavy (non-hydrogen) atoms. The lowest BCUT2D eigenvalue weighted by molar-refractivity contribution is -0.385. The van der Waals surface area contributed by atoms with Crippen molar-refractivity contribution in [3.63, 3.8) is 0 Å². The Balaban J connectivity index is 2.35. The summed E-state index contributed by atoms with van der Waals surface area (Å²) in [5.41, 5.74) is -0.0767. The third kappa shape index (κ3) is 4.42. The summed E-state index contributed by atoms with van der Waals surface area (Å²) in [7, 11) is 0. The van der Waals surface area contributed by atoms with Crippen molar-refractivity contribution in [3.05, 3.63) is 32.8 Å². The number of hydrogen-bond acceptors (Lipinski definition) is 5. The normalized spacial score (nSPS) is 17.8. The van der Waals surface area contributed by atoms with E-state index in [4.69, 9.17) is 4.74 Å². The first kappa shape index (κ1) is 17.7. The highest BCUT2D eigenvalue weighted by Gasteiger charge is 2.32. The van der Waals surface area contributed by atoms with Gasteiger partial charge in [-0.2, -0.15) is 0 Å². The number of carbonyl (C=O) groups excluding carboxylic acids is 1. The second-order valence-corrected chi connectivity index (χ2v) is 7.24. The molecular weight excluding hydrogens is 366 g/mol. The first-order chi connectivity index (χ1) is 10.7. The van der Waals surface area contributed by atoms with Crippen molar-refractivity contribution in [2.45, 2.75) is 38.8 Å². The maximum Gasteiger partial charge on any atom is 0.415 e. The summed E-state index contributed by atoms with van der Waals surface area (Å²) in [5, 5.41) is 14.2. The fraction of sp³-hybridized carbons (Fsp3) is 0.533. The van der Waals surface area contributed by atoms with Gasteiger partial charge in [-0.1, -0.05) is 0 Å². The average Bonchev–Trinajstić information content (AvgIpc) is 2.90. The van der Waals surface area contributed by atoms with Crippen molar-refractivity contribution in [2.75, 3.05) is 18.0 Å². The van der Waals surface area contributed by atoms with Crippen molar-refractivity contribution in [1.82, 2.24) is 5.32 Å². The highest BCUT2D eigenvalue weighted by Crippen LogP contribution is 2.32. The van der Waals surface area contributed by atoms with Crippen LogP contribution < -0.4 is 10.2 Å². The molecule has 7 nitrogen and oxygen atoms in total. The molecule has 1 aliphatic heterocycles. The lowest BCUT2D eigenvalue weighted by atomic mass is 10.1. The number of nitrogens with one attached hydrogen (secondary N) is 1. The van der Waals surface area contributed by atoms with E-state index in [9.17, 15) is 14.9 Å². The number of halogens is 1. The van der Waals surface area contributed by atoms with Crippen LogP contribution in [0.2, 0.25) is 0 Å². The van der Waals surface area contributed by atoms with E-state index < -0.39 is 16.6 Å². The number of carbonyl (C=O) groups is 1. The summed E-state index contributed by atoms with van der Waals surface area (Å²) in [6, 6.07) is 4.50. The zero-order chi connectivity index (χ0) is 17.2. The van der Waals surface area contributed by atoms with Crippen molar-refractivity contribution >= 4 is 33.4 Å². The van der Waals surface area contributed by atoms with E-state index in [0.29, 0.717) is 16.7 Å². The van der Waals surface area contributed by atoms with Crippen LogP contribution in [-0.2, 0) is 4.74 Å². The standard InChI is InChI=1S/C15H20BrN3O4/c1-15(2,3)23-14(20)18(11-6-7-17-9-11)10-4-5-13(19(21)22)12(16)8-10/h4-5,8,11,17H,6-7,9H2,1-3H3/t11-/m0/s1. The molecule has 0 saturated carbocycles. The van der Waals surface area contributed by atoms with Crippen LogP contribution in [0.4, 0.5) is 16.2 Å². The van der Waals surface area contributed by atoms with Crippen molar-refractivity contribution in [2.24, 2.45) is 0 Å². The molecule has 8 heteroatoms. The maximum absolute atomic E-state index is 12.6. The third-order valence-corrected chi connectivity index (χ3v) is 4.03. The number of nitro groups is 1. The quantitative estimate of drug-likeness (QED) is 0.635. The summed E-state index contributed by atoms with van der Waals surface area (Å²) in [5.74, 6) is 0. The highest BCUT2D eigenvalue weighted by molar-refractivity contribution is 9.10. The zero-order valence-electron chi connectivity index (χ0n) is 13.3. The van der Waals surface area contributed by atoms with Crippen molar-refractivity contribution in [1.29, 1.82) is 0 Å². The molecule has 2 rings (SSSR count). The Morgan fingerprint density at radius 1 is 1.48 bits per heavy atom. The minimum absolute atomic E-state index is 0.0394. The number of nitrogens with zero attached hydrogens (tertiary/aromatic N) is 2. The predicted octanol–water partition coefficient (Wildman–Crippen LogP) is 3.46. The smallest absolute Gasteiger partial charge is 0.415 e. The molecule has 0 radical (unpaired) electrons. The largest absolute Gasteiger partial charge is 0.443 e. The van der Waals surface area contributed by atoms with Crippen molar-refractivity contribution in [3.8, 4) is 0 Å². The van der Waals surface area contributed by atoms with Gasteiger partial charge in [0.2, 0.25) is 0 Å². The van der Waals surface area contributed by atoms with Gasteiger partial charge in [0.05, 0.1) is 15.4 Å². The number of rotatable bonds is 3. The van der Waals surface area contributed by atoms with Gasteiger partial charge in [0.1, 0.15) is 5.60 Å². The van der Waals surface area contributed by atoms with Gasteiger partial charge in [0, 0.05) is 18.3 Å². The van der Waals surface area contributed by atoms with Gasteiger partial charge in [-0.3, -0.25) is 15.0 Å². The van der Waals surface area contributed by atoms with Crippen LogP contribution in [0.15, 0.2) is 22.7 Å². The van der Waals surface area contributed by atoms with Crippen LogP contribution in [0, 0.1) is 10.1 Å². The average molecular weight is 386 g/mol. The molecule has 0 unspecified atom stereocenters. The molecule has 1 N–H and O–H groups in total. The number of benzene rings is 1. The second-order valence-electron chi connectivity index (χ2n) is 6.39. The molecule has 0 spiro atoms. The fourth-order valence-electron chi connectivity index (χ4n) is 2.43. The van der Waals surface area contributed by atoms with Crippen LogP contribution in [-0.4, -0.2) is 35.7 Å². The minimum atomic E-state index is -0.612. The summed E-state index contributed by atoms with van der Waals surface area (Å²) in [4.78, 5) is 24.6. The van der Waals surface area contributed by atoms with Gasteiger partial charge >= 0.3 is 6.09 Å². The number of hydrogen-bond donors (Lipinski definition) is 1. The van der Waals surface area contributed by atoms with E-state index in [1.807, 2.05) is 20.8 Å². The number of nitro benzene ring substituents is 1. The van der Waals surface area contributed by atoms with Gasteiger partial charge in [-0.25, -0.2) is 4.79 Å². The first-order valence-corrected chi connectivity index (χ1v) is 8.15. The van der Waals surface area contributed by atoms with Crippen molar-refractivity contribution < 1.29 is 14.5 Å². The Bertz CT molecular complexity index is 609. The van der Waals surface area contributed by atoms with Crippen LogP contribution in [0.1, 0.15) is 27.2 Å².